The number of nitrogens with two attached hydrogens (primary N) is 1. The van der Waals surface area contributed by atoms with E-state index in [4.69, 9.17) is 5.73 Å². The number of carbonyl (C=O) groups excluding carboxylic acids is 1. The van der Waals surface area contributed by atoms with E-state index in [1.165, 1.54) is 17.0 Å². The second-order valence-corrected chi connectivity index (χ2v) is 6.87. The van der Waals surface area contributed by atoms with Gasteiger partial charge in [0.2, 0.25) is 5.91 Å². The van der Waals surface area contributed by atoms with Crippen molar-refractivity contribution in [1.82, 2.24) is 4.90 Å². The van der Waals surface area contributed by atoms with Crippen LogP contribution in [0.3, 0.4) is 0 Å². The van der Waals surface area contributed by atoms with E-state index in [0.717, 1.165) is 0 Å². The van der Waals surface area contributed by atoms with E-state index in [1.54, 1.807) is 20.0 Å². The van der Waals surface area contributed by atoms with Crippen LogP contribution in [0.1, 0.15) is 19.4 Å². The summed E-state index contributed by atoms with van der Waals surface area (Å²) in [6.45, 7) is 5.40. The third kappa shape index (κ3) is 3.70. The third-order valence-corrected chi connectivity index (χ3v) is 4.68. The van der Waals surface area contributed by atoms with Gasteiger partial charge in [-0.05, 0) is 44.5 Å². The molecule has 5 nitrogen and oxygen atoms in total. The Morgan fingerprint density at radius 1 is 1.37 bits per heavy atom. The van der Waals surface area contributed by atoms with Crippen molar-refractivity contribution < 1.29 is 13.2 Å². The quantitative estimate of drug-likeness (QED) is 0.843. The minimum Gasteiger partial charge on any atom is -0.399 e. The van der Waals surface area contributed by atoms with Gasteiger partial charge in [-0.25, -0.2) is 8.42 Å². The van der Waals surface area contributed by atoms with Gasteiger partial charge in [0.25, 0.3) is 0 Å². The molecule has 1 aromatic rings. The van der Waals surface area contributed by atoms with Crippen molar-refractivity contribution in [2.45, 2.75) is 31.7 Å². The topological polar surface area (TPSA) is 80.5 Å². The number of nitrogens with zero attached hydrogens (tertiary/aromatic N) is 1. The van der Waals surface area contributed by atoms with Gasteiger partial charge in [-0.1, -0.05) is 0 Å². The molecule has 0 bridgehead atoms. The van der Waals surface area contributed by atoms with Crippen LogP contribution in [0.2, 0.25) is 0 Å². The Labute approximate surface area is 114 Å². The highest BCUT2D eigenvalue weighted by Crippen LogP contribution is 2.18. The van der Waals surface area contributed by atoms with E-state index in [2.05, 4.69) is 0 Å². The Kier molecular flexibility index (Phi) is 4.57. The largest absolute Gasteiger partial charge is 0.399 e. The fourth-order valence-electron chi connectivity index (χ4n) is 1.48. The summed E-state index contributed by atoms with van der Waals surface area (Å²) in [5, 5.41) is 0. The maximum absolute atomic E-state index is 12.1. The van der Waals surface area contributed by atoms with E-state index in [9.17, 15) is 13.2 Å². The molecule has 0 saturated heterocycles. The van der Waals surface area contributed by atoms with Crippen LogP contribution in [0, 0.1) is 6.92 Å². The molecule has 0 radical (unpaired) electrons. The lowest BCUT2D eigenvalue weighted by atomic mass is 10.2. The van der Waals surface area contributed by atoms with Crippen LogP contribution < -0.4 is 5.73 Å². The molecule has 0 unspecified atom stereocenters. The number of nitrogen functional groups attached to an aromatic ring is 1. The highest BCUT2D eigenvalue weighted by Gasteiger charge is 2.23. The lowest BCUT2D eigenvalue weighted by molar-refractivity contribution is -0.128. The van der Waals surface area contributed by atoms with Gasteiger partial charge in [0.05, 0.1) is 4.90 Å². The van der Waals surface area contributed by atoms with E-state index in [1.807, 2.05) is 13.8 Å². The second-order valence-electron chi connectivity index (χ2n) is 4.88. The standard InChI is InChI=1S/C13H20N2O3S/c1-9(2)15(4)13(16)8-19(17,18)11-5-6-12(14)10(3)7-11/h5-7,9H,8,14H2,1-4H3. The number of benzene rings is 1. The maximum Gasteiger partial charge on any atom is 0.238 e. The Morgan fingerprint density at radius 3 is 2.42 bits per heavy atom. The van der Waals surface area contributed by atoms with Crippen molar-refractivity contribution in [1.29, 1.82) is 0 Å². The summed E-state index contributed by atoms with van der Waals surface area (Å²) in [5.74, 6) is -0.935. The summed E-state index contributed by atoms with van der Waals surface area (Å²) in [5.41, 5.74) is 6.87. The first-order valence-corrected chi connectivity index (χ1v) is 7.65. The zero-order valence-electron chi connectivity index (χ0n) is 11.7. The second kappa shape index (κ2) is 5.61. The predicted molar refractivity (Wildman–Crippen MR) is 75.6 cm³/mol. The molecule has 2 N–H and O–H groups in total. The van der Waals surface area contributed by atoms with Crippen molar-refractivity contribution >= 4 is 21.4 Å². The van der Waals surface area contributed by atoms with Gasteiger partial charge in [-0.3, -0.25) is 4.79 Å². The number of hydrogen-bond acceptors (Lipinski definition) is 4. The van der Waals surface area contributed by atoms with Gasteiger partial charge >= 0.3 is 0 Å². The molecule has 0 saturated carbocycles. The number of hydrogen-bond donors (Lipinski definition) is 1. The molecule has 0 aliphatic carbocycles. The van der Waals surface area contributed by atoms with E-state index in [-0.39, 0.29) is 10.9 Å². The molecular weight excluding hydrogens is 264 g/mol. The molecular formula is C13H20N2O3S. The maximum atomic E-state index is 12.1. The molecule has 1 aromatic carbocycles. The minimum absolute atomic E-state index is 0.0316. The molecule has 0 aliphatic rings. The average Bonchev–Trinajstić information content (AvgIpc) is 2.30. The molecule has 1 rings (SSSR count). The Balaban J connectivity index is 2.99. The smallest absolute Gasteiger partial charge is 0.238 e. The monoisotopic (exact) mass is 284 g/mol. The van der Waals surface area contributed by atoms with Crippen LogP contribution in [-0.4, -0.2) is 38.1 Å². The van der Waals surface area contributed by atoms with Gasteiger partial charge in [0, 0.05) is 18.8 Å². The van der Waals surface area contributed by atoms with Gasteiger partial charge in [-0.2, -0.15) is 0 Å². The lowest BCUT2D eigenvalue weighted by Gasteiger charge is -2.21. The fraction of sp³-hybridized carbons (Fsp3) is 0.462. The first kappa shape index (κ1) is 15.5. The molecule has 0 aromatic heterocycles. The number of aryl methyl sites for hydroxylation is 1. The fourth-order valence-corrected chi connectivity index (χ4v) is 2.80. The van der Waals surface area contributed by atoms with E-state index in [0.29, 0.717) is 11.3 Å². The summed E-state index contributed by atoms with van der Waals surface area (Å²) in [4.78, 5) is 13.4. The normalized spacial score (nSPS) is 11.6. The van der Waals surface area contributed by atoms with Crippen LogP contribution in [-0.2, 0) is 14.6 Å². The molecule has 0 atom stereocenters. The summed E-state index contributed by atoms with van der Waals surface area (Å²) < 4.78 is 24.3. The summed E-state index contributed by atoms with van der Waals surface area (Å²) in [7, 11) is -2.03. The van der Waals surface area contributed by atoms with Crippen molar-refractivity contribution in [2.75, 3.05) is 18.5 Å². The molecule has 6 heteroatoms. The molecule has 0 spiro atoms. The molecule has 106 valence electrons. The molecule has 1 amide bonds. The Hall–Kier alpha value is -1.56. The van der Waals surface area contributed by atoms with Gasteiger partial charge < -0.3 is 10.6 Å². The SMILES string of the molecule is Cc1cc(S(=O)(=O)CC(=O)N(C)C(C)C)ccc1N. The van der Waals surface area contributed by atoms with Crippen molar-refractivity contribution in [3.05, 3.63) is 23.8 Å². The Bertz CT molecular complexity index is 580. The summed E-state index contributed by atoms with van der Waals surface area (Å²) in [6.07, 6.45) is 0. The molecule has 0 aliphatic heterocycles. The third-order valence-electron chi connectivity index (χ3n) is 3.08. The van der Waals surface area contributed by atoms with E-state index >= 15 is 0 Å². The van der Waals surface area contributed by atoms with Crippen molar-refractivity contribution in [2.24, 2.45) is 0 Å². The number of carbonyl (C=O) groups is 1. The zero-order chi connectivity index (χ0) is 14.8. The van der Waals surface area contributed by atoms with Crippen molar-refractivity contribution in [3.63, 3.8) is 0 Å². The summed E-state index contributed by atoms with van der Waals surface area (Å²) in [6, 6.07) is 4.43. The van der Waals surface area contributed by atoms with Crippen LogP contribution in [0.5, 0.6) is 0 Å². The van der Waals surface area contributed by atoms with Gasteiger partial charge in [0.15, 0.2) is 9.84 Å². The van der Waals surface area contributed by atoms with Gasteiger partial charge in [-0.15, -0.1) is 0 Å². The molecule has 0 fully saturated rings. The first-order chi connectivity index (χ1) is 8.65. The van der Waals surface area contributed by atoms with Gasteiger partial charge in [0.1, 0.15) is 5.75 Å². The molecule has 0 heterocycles. The molecule has 19 heavy (non-hydrogen) atoms. The number of amides is 1. The number of anilines is 1. The van der Waals surface area contributed by atoms with Crippen LogP contribution in [0.4, 0.5) is 5.69 Å². The van der Waals surface area contributed by atoms with Crippen LogP contribution in [0.25, 0.3) is 0 Å². The number of rotatable bonds is 4. The minimum atomic E-state index is -3.62. The first-order valence-electron chi connectivity index (χ1n) is 5.99. The van der Waals surface area contributed by atoms with Crippen LogP contribution in [0.15, 0.2) is 23.1 Å². The highest BCUT2D eigenvalue weighted by atomic mass is 32.2. The average molecular weight is 284 g/mol. The zero-order valence-corrected chi connectivity index (χ0v) is 12.5. The lowest BCUT2D eigenvalue weighted by Crippen LogP contribution is -2.37. The Morgan fingerprint density at radius 2 is 1.95 bits per heavy atom. The number of sulfone groups is 1. The highest BCUT2D eigenvalue weighted by molar-refractivity contribution is 7.92. The van der Waals surface area contributed by atoms with Crippen LogP contribution >= 0.6 is 0 Å². The van der Waals surface area contributed by atoms with Crippen molar-refractivity contribution in [3.8, 4) is 0 Å². The summed E-state index contributed by atoms with van der Waals surface area (Å²) >= 11 is 0. The van der Waals surface area contributed by atoms with E-state index < -0.39 is 21.5 Å². The predicted octanol–water partition coefficient (Wildman–Crippen LogP) is 1.22.